The predicted octanol–water partition coefficient (Wildman–Crippen LogP) is 2.13. The molecule has 0 aromatic heterocycles. The Morgan fingerprint density at radius 1 is 1.47 bits per heavy atom. The summed E-state index contributed by atoms with van der Waals surface area (Å²) in [5.41, 5.74) is 8.63. The Hall–Kier alpha value is -1.55. The first-order chi connectivity index (χ1) is 7.95. The van der Waals surface area contributed by atoms with Crippen LogP contribution < -0.4 is 5.73 Å². The van der Waals surface area contributed by atoms with Crippen LogP contribution in [0.4, 0.5) is 0 Å². The number of nitrogens with two attached hydrogens (primary N) is 1. The van der Waals surface area contributed by atoms with E-state index in [-0.39, 0.29) is 18.2 Å². The highest BCUT2D eigenvalue weighted by Crippen LogP contribution is 2.27. The Bertz CT molecular complexity index is 415. The summed E-state index contributed by atoms with van der Waals surface area (Å²) in [6.07, 6.45) is 1.19. The molecule has 0 heterocycles. The number of benzene rings is 1. The number of carboxylic acid groups (broad SMARTS) is 1. The first-order valence-electron chi connectivity index (χ1n) is 5.75. The maximum absolute atomic E-state index is 10.5. The van der Waals surface area contributed by atoms with Crippen molar-refractivity contribution in [2.75, 3.05) is 0 Å². The number of hydrogen-bond acceptors (Lipinski definition) is 3. The van der Waals surface area contributed by atoms with Crippen molar-refractivity contribution in [3.05, 3.63) is 28.8 Å². The summed E-state index contributed by atoms with van der Waals surface area (Å²) < 4.78 is 0. The van der Waals surface area contributed by atoms with E-state index in [2.05, 4.69) is 0 Å². The molecule has 1 rings (SSSR count). The van der Waals surface area contributed by atoms with Gasteiger partial charge in [0.2, 0.25) is 0 Å². The van der Waals surface area contributed by atoms with Crippen LogP contribution in [0.5, 0.6) is 5.75 Å². The van der Waals surface area contributed by atoms with Crippen molar-refractivity contribution in [3.8, 4) is 5.75 Å². The molecule has 0 radical (unpaired) electrons. The SMILES string of the molecule is CCc1cc(C(N)CCC(=O)O)c(C)cc1O. The lowest BCUT2D eigenvalue weighted by Crippen LogP contribution is -2.14. The molecule has 0 fully saturated rings. The average Bonchev–Trinajstić information content (AvgIpc) is 2.26. The Morgan fingerprint density at radius 2 is 2.12 bits per heavy atom. The second-order valence-electron chi connectivity index (χ2n) is 4.23. The highest BCUT2D eigenvalue weighted by molar-refractivity contribution is 5.66. The molecule has 0 amide bonds. The number of rotatable bonds is 5. The lowest BCUT2D eigenvalue weighted by atomic mass is 9.95. The molecule has 0 aliphatic heterocycles. The topological polar surface area (TPSA) is 83.6 Å². The standard InChI is InChI=1S/C13H19NO3/c1-3-9-7-10(8(2)6-12(9)15)11(14)4-5-13(16)17/h6-7,11,15H,3-5,14H2,1-2H3,(H,16,17). The monoisotopic (exact) mass is 237 g/mol. The van der Waals surface area contributed by atoms with E-state index < -0.39 is 5.97 Å². The second-order valence-corrected chi connectivity index (χ2v) is 4.23. The lowest BCUT2D eigenvalue weighted by molar-refractivity contribution is -0.137. The number of aromatic hydroxyl groups is 1. The normalized spacial score (nSPS) is 12.4. The van der Waals surface area contributed by atoms with E-state index in [4.69, 9.17) is 10.8 Å². The minimum Gasteiger partial charge on any atom is -0.508 e. The quantitative estimate of drug-likeness (QED) is 0.732. The molecule has 4 N–H and O–H groups in total. The molecule has 4 heteroatoms. The summed E-state index contributed by atoms with van der Waals surface area (Å²) in [5, 5.41) is 18.3. The summed E-state index contributed by atoms with van der Waals surface area (Å²) >= 11 is 0. The number of aliphatic carboxylic acids is 1. The van der Waals surface area contributed by atoms with E-state index in [9.17, 15) is 9.90 Å². The van der Waals surface area contributed by atoms with E-state index in [1.54, 1.807) is 6.07 Å². The molecule has 0 aliphatic rings. The zero-order valence-corrected chi connectivity index (χ0v) is 10.2. The summed E-state index contributed by atoms with van der Waals surface area (Å²) in [7, 11) is 0. The van der Waals surface area contributed by atoms with Crippen molar-refractivity contribution in [3.63, 3.8) is 0 Å². The van der Waals surface area contributed by atoms with Crippen LogP contribution in [-0.4, -0.2) is 16.2 Å². The van der Waals surface area contributed by atoms with Gasteiger partial charge >= 0.3 is 5.97 Å². The third-order valence-corrected chi connectivity index (χ3v) is 2.92. The molecule has 94 valence electrons. The fraction of sp³-hybridized carbons (Fsp3) is 0.462. The molecule has 1 unspecified atom stereocenters. The number of hydrogen-bond donors (Lipinski definition) is 3. The number of aryl methyl sites for hydroxylation is 2. The first kappa shape index (κ1) is 13.5. The molecule has 0 aliphatic carbocycles. The van der Waals surface area contributed by atoms with Gasteiger partial charge in [-0.25, -0.2) is 0 Å². The molecule has 17 heavy (non-hydrogen) atoms. The third-order valence-electron chi connectivity index (χ3n) is 2.92. The predicted molar refractivity (Wildman–Crippen MR) is 66.0 cm³/mol. The highest BCUT2D eigenvalue weighted by Gasteiger charge is 2.13. The van der Waals surface area contributed by atoms with Crippen LogP contribution in [0.25, 0.3) is 0 Å². The summed E-state index contributed by atoms with van der Waals surface area (Å²) in [6.45, 7) is 3.83. The minimum absolute atomic E-state index is 0.0585. The van der Waals surface area contributed by atoms with Gasteiger partial charge in [-0.05, 0) is 42.5 Å². The van der Waals surface area contributed by atoms with E-state index in [0.717, 1.165) is 23.1 Å². The Labute approximate surface area is 101 Å². The number of phenolic OH excluding ortho intramolecular Hbond substituents is 1. The molecule has 1 aromatic rings. The molecule has 1 aromatic carbocycles. The lowest BCUT2D eigenvalue weighted by Gasteiger charge is -2.16. The van der Waals surface area contributed by atoms with Gasteiger partial charge < -0.3 is 15.9 Å². The fourth-order valence-electron chi connectivity index (χ4n) is 1.87. The second kappa shape index (κ2) is 5.68. The third kappa shape index (κ3) is 3.46. The molecular weight excluding hydrogens is 218 g/mol. The Morgan fingerprint density at radius 3 is 2.65 bits per heavy atom. The van der Waals surface area contributed by atoms with Crippen LogP contribution in [0.2, 0.25) is 0 Å². The van der Waals surface area contributed by atoms with Gasteiger partial charge in [0.1, 0.15) is 5.75 Å². The average molecular weight is 237 g/mol. The van der Waals surface area contributed by atoms with Gasteiger partial charge in [0.25, 0.3) is 0 Å². The molecule has 0 bridgehead atoms. The Kier molecular flexibility index (Phi) is 4.52. The van der Waals surface area contributed by atoms with Crippen molar-refractivity contribution in [1.29, 1.82) is 0 Å². The minimum atomic E-state index is -0.840. The van der Waals surface area contributed by atoms with E-state index in [1.807, 2.05) is 19.9 Å². The fourth-order valence-corrected chi connectivity index (χ4v) is 1.87. The molecule has 0 spiro atoms. The van der Waals surface area contributed by atoms with Gasteiger partial charge in [0, 0.05) is 12.5 Å². The van der Waals surface area contributed by atoms with Crippen molar-refractivity contribution >= 4 is 5.97 Å². The van der Waals surface area contributed by atoms with Crippen LogP contribution in [0.1, 0.15) is 42.5 Å². The van der Waals surface area contributed by atoms with Crippen LogP contribution >= 0.6 is 0 Å². The van der Waals surface area contributed by atoms with Gasteiger partial charge in [-0.2, -0.15) is 0 Å². The maximum Gasteiger partial charge on any atom is 0.303 e. The summed E-state index contributed by atoms with van der Waals surface area (Å²) in [4.78, 5) is 10.5. The first-order valence-corrected chi connectivity index (χ1v) is 5.75. The summed E-state index contributed by atoms with van der Waals surface area (Å²) in [6, 6.07) is 3.27. The molecular formula is C13H19NO3. The van der Waals surface area contributed by atoms with Crippen molar-refractivity contribution in [2.24, 2.45) is 5.73 Å². The van der Waals surface area contributed by atoms with Crippen LogP contribution in [0, 0.1) is 6.92 Å². The largest absolute Gasteiger partial charge is 0.508 e. The van der Waals surface area contributed by atoms with Gasteiger partial charge in [-0.3, -0.25) is 4.79 Å². The summed E-state index contributed by atoms with van der Waals surface area (Å²) in [5.74, 6) is -0.563. The van der Waals surface area contributed by atoms with Gasteiger partial charge in [0.05, 0.1) is 0 Å². The smallest absolute Gasteiger partial charge is 0.303 e. The molecule has 0 saturated heterocycles. The number of carbonyl (C=O) groups is 1. The van der Waals surface area contributed by atoms with E-state index in [1.165, 1.54) is 0 Å². The van der Waals surface area contributed by atoms with Gasteiger partial charge in [0.15, 0.2) is 0 Å². The van der Waals surface area contributed by atoms with E-state index >= 15 is 0 Å². The zero-order chi connectivity index (χ0) is 13.0. The Balaban J connectivity index is 2.92. The molecule has 1 atom stereocenters. The van der Waals surface area contributed by atoms with E-state index in [0.29, 0.717) is 6.42 Å². The van der Waals surface area contributed by atoms with Crippen LogP contribution in [0.15, 0.2) is 12.1 Å². The van der Waals surface area contributed by atoms with Crippen molar-refractivity contribution in [2.45, 2.75) is 39.2 Å². The maximum atomic E-state index is 10.5. The number of carboxylic acids is 1. The van der Waals surface area contributed by atoms with Crippen LogP contribution in [-0.2, 0) is 11.2 Å². The van der Waals surface area contributed by atoms with Gasteiger partial charge in [-0.15, -0.1) is 0 Å². The number of phenols is 1. The zero-order valence-electron chi connectivity index (χ0n) is 10.2. The van der Waals surface area contributed by atoms with Gasteiger partial charge in [-0.1, -0.05) is 13.0 Å². The van der Waals surface area contributed by atoms with Crippen molar-refractivity contribution in [1.82, 2.24) is 0 Å². The molecule has 0 saturated carbocycles. The van der Waals surface area contributed by atoms with Crippen LogP contribution in [0.3, 0.4) is 0 Å². The molecule has 4 nitrogen and oxygen atoms in total. The highest BCUT2D eigenvalue weighted by atomic mass is 16.4. The van der Waals surface area contributed by atoms with Crippen molar-refractivity contribution < 1.29 is 15.0 Å².